The zero-order chi connectivity index (χ0) is 20.1. The second-order valence-corrected chi connectivity index (χ2v) is 6.22. The first-order chi connectivity index (χ1) is 10.9. The Labute approximate surface area is 165 Å². The highest BCUT2D eigenvalue weighted by Gasteiger charge is 2.15. The highest BCUT2D eigenvalue weighted by atomic mass is 79.9. The molecule has 1 rings (SSSR count). The zero-order valence-electron chi connectivity index (χ0n) is 14.0. The van der Waals surface area contributed by atoms with Crippen molar-refractivity contribution < 1.29 is 28.7 Å². The predicted molar refractivity (Wildman–Crippen MR) is 98.6 cm³/mol. The second kappa shape index (κ2) is 24.7. The lowest BCUT2D eigenvalue weighted by atomic mass is 10.2. The van der Waals surface area contributed by atoms with Crippen LogP contribution in [0.3, 0.4) is 0 Å². The average Bonchev–Trinajstić information content (AvgIpc) is 2.38. The molecule has 0 radical (unpaired) electrons. The molecule has 0 saturated carbocycles. The molecule has 0 aromatic rings. The van der Waals surface area contributed by atoms with E-state index < -0.39 is 0 Å². The van der Waals surface area contributed by atoms with Crippen LogP contribution in [0.1, 0.15) is 53.4 Å². The molecular formula is C14H22BrCl3O6. The maximum absolute atomic E-state index is 10.2. The van der Waals surface area contributed by atoms with E-state index in [2.05, 4.69) is 43.9 Å². The molecule has 1 heterocycles. The van der Waals surface area contributed by atoms with Gasteiger partial charge in [-0.25, -0.2) is 0 Å². The van der Waals surface area contributed by atoms with Gasteiger partial charge in [0.1, 0.15) is 0 Å². The Morgan fingerprint density at radius 2 is 1.17 bits per heavy atom. The first-order valence-electron chi connectivity index (χ1n) is 6.74. The fourth-order valence-corrected chi connectivity index (χ4v) is 0.606. The van der Waals surface area contributed by atoms with Gasteiger partial charge in [0, 0.05) is 38.4 Å². The number of hydrogen-bond acceptors (Lipinski definition) is 6. The van der Waals surface area contributed by atoms with Crippen molar-refractivity contribution in [2.45, 2.75) is 53.4 Å². The highest BCUT2D eigenvalue weighted by molar-refractivity contribution is 9.09. The maximum atomic E-state index is 10.2. The summed E-state index contributed by atoms with van der Waals surface area (Å²) >= 11 is 17.2. The summed E-state index contributed by atoms with van der Waals surface area (Å²) in [5, 5.41) is 0.0671. The minimum Gasteiger partial charge on any atom is -0.393 e. The van der Waals surface area contributed by atoms with E-state index >= 15 is 0 Å². The van der Waals surface area contributed by atoms with Crippen LogP contribution in [-0.4, -0.2) is 33.0 Å². The van der Waals surface area contributed by atoms with Crippen LogP contribution in [0.5, 0.6) is 0 Å². The monoisotopic (exact) mass is 470 g/mol. The molecule has 0 N–H and O–H groups in total. The Hall–Kier alpha value is -0.500. The number of alkyl halides is 1. The van der Waals surface area contributed by atoms with E-state index in [1.165, 1.54) is 13.8 Å². The minimum atomic E-state index is -0.388. The third kappa shape index (κ3) is 68.3. The number of carbonyl (C=O) groups is 5. The van der Waals surface area contributed by atoms with Gasteiger partial charge in [0.05, 0.1) is 0 Å². The average molecular weight is 473 g/mol. The molecular weight excluding hydrogens is 450 g/mol. The Kier molecular flexibility index (Phi) is 32.3. The van der Waals surface area contributed by atoms with Gasteiger partial charge in [-0.2, -0.15) is 0 Å². The molecule has 10 heteroatoms. The maximum Gasteiger partial charge on any atom is 0.313 e. The summed E-state index contributed by atoms with van der Waals surface area (Å²) < 4.78 is 4.21. The van der Waals surface area contributed by atoms with Gasteiger partial charge in [-0.05, 0) is 41.2 Å². The quantitative estimate of drug-likeness (QED) is 0.244. The lowest BCUT2D eigenvalue weighted by molar-refractivity contribution is -0.163. The van der Waals surface area contributed by atoms with Crippen LogP contribution in [0.4, 0.5) is 0 Å². The summed E-state index contributed by atoms with van der Waals surface area (Å²) in [5.74, 6) is -0.775. The number of carbonyl (C=O) groups excluding carboxylic acids is 5. The van der Waals surface area contributed by atoms with Gasteiger partial charge >= 0.3 is 11.9 Å². The van der Waals surface area contributed by atoms with Crippen molar-refractivity contribution in [3.63, 3.8) is 0 Å². The van der Waals surface area contributed by atoms with Crippen LogP contribution in [0.15, 0.2) is 0 Å². The molecule has 142 valence electrons. The molecule has 6 nitrogen and oxygen atoms in total. The zero-order valence-corrected chi connectivity index (χ0v) is 17.9. The van der Waals surface area contributed by atoms with E-state index in [1.54, 1.807) is 6.92 Å². The van der Waals surface area contributed by atoms with E-state index in [9.17, 15) is 24.0 Å². The molecule has 0 aliphatic carbocycles. The Morgan fingerprint density at radius 3 is 1.25 bits per heavy atom. The number of esters is 2. The summed E-state index contributed by atoms with van der Waals surface area (Å²) in [7, 11) is 0. The van der Waals surface area contributed by atoms with Gasteiger partial charge in [0.2, 0.25) is 15.7 Å². The number of rotatable bonds is 1. The molecule has 0 aromatic heterocycles. The van der Waals surface area contributed by atoms with Crippen molar-refractivity contribution in [2.75, 3.05) is 5.33 Å². The largest absolute Gasteiger partial charge is 0.393 e. The smallest absolute Gasteiger partial charge is 0.313 e. The lowest BCUT2D eigenvalue weighted by Gasteiger charge is -2.06. The molecule has 0 aromatic carbocycles. The molecule has 1 aliphatic heterocycles. The van der Waals surface area contributed by atoms with Crippen molar-refractivity contribution >= 4 is 78.4 Å². The standard InChI is InChI=1S/C5H6O3.C3H5ClO.C2H5Br.2C2H3ClO/c6-4-2-1-3-5(7)8-4;1-2-3(4)5;1-2-3;2*1-2(3)4/h1-3H2;2H2,1H3;2H2,1H3;2*1H3. The van der Waals surface area contributed by atoms with E-state index in [0.717, 1.165) is 5.33 Å². The topological polar surface area (TPSA) is 94.6 Å². The SMILES string of the molecule is CC(=O)Cl.CC(=O)Cl.CCBr.CCC(=O)Cl.O=C1CCCC(=O)O1. The van der Waals surface area contributed by atoms with E-state index in [0.29, 0.717) is 25.7 Å². The first-order valence-corrected chi connectivity index (χ1v) is 8.99. The third-order valence-corrected chi connectivity index (χ3v) is 1.53. The van der Waals surface area contributed by atoms with Gasteiger partial charge in [-0.15, -0.1) is 0 Å². The fourth-order valence-electron chi connectivity index (χ4n) is 0.606. The Bertz CT molecular complexity index is 355. The second-order valence-electron chi connectivity index (χ2n) is 3.62. The molecule has 0 bridgehead atoms. The lowest BCUT2D eigenvalue weighted by Crippen LogP contribution is -2.17. The number of hydrogen-bond donors (Lipinski definition) is 0. The summed E-state index contributed by atoms with van der Waals surface area (Å²) in [5.41, 5.74) is 0. The summed E-state index contributed by atoms with van der Waals surface area (Å²) in [6.45, 7) is 6.35. The Morgan fingerprint density at radius 1 is 0.958 bits per heavy atom. The normalized spacial score (nSPS) is 11.3. The molecule has 24 heavy (non-hydrogen) atoms. The fraction of sp³-hybridized carbons (Fsp3) is 0.643. The van der Waals surface area contributed by atoms with Crippen LogP contribution >= 0.6 is 50.7 Å². The molecule has 0 amide bonds. The summed E-state index contributed by atoms with van der Waals surface area (Å²) in [4.78, 5) is 48.5. The van der Waals surface area contributed by atoms with Crippen molar-refractivity contribution in [3.8, 4) is 0 Å². The minimum absolute atomic E-state index is 0.273. The van der Waals surface area contributed by atoms with Crippen LogP contribution in [0.2, 0.25) is 0 Å². The van der Waals surface area contributed by atoms with Crippen molar-refractivity contribution in [3.05, 3.63) is 0 Å². The van der Waals surface area contributed by atoms with Gasteiger partial charge in [-0.1, -0.05) is 29.8 Å². The predicted octanol–water partition coefficient (Wildman–Crippen LogP) is 4.35. The van der Waals surface area contributed by atoms with E-state index in [1.807, 2.05) is 6.92 Å². The van der Waals surface area contributed by atoms with Gasteiger partial charge < -0.3 is 4.74 Å². The van der Waals surface area contributed by atoms with Crippen molar-refractivity contribution in [2.24, 2.45) is 0 Å². The van der Waals surface area contributed by atoms with Crippen LogP contribution in [-0.2, 0) is 28.7 Å². The van der Waals surface area contributed by atoms with Crippen molar-refractivity contribution in [1.82, 2.24) is 0 Å². The van der Waals surface area contributed by atoms with Crippen molar-refractivity contribution in [1.29, 1.82) is 0 Å². The van der Waals surface area contributed by atoms with Crippen LogP contribution in [0, 0.1) is 0 Å². The number of ether oxygens (including phenoxy) is 1. The van der Waals surface area contributed by atoms with Crippen LogP contribution < -0.4 is 0 Å². The molecule has 0 atom stereocenters. The molecule has 0 unspecified atom stereocenters. The van der Waals surface area contributed by atoms with Gasteiger partial charge in [0.15, 0.2) is 0 Å². The molecule has 0 spiro atoms. The number of halogens is 4. The highest BCUT2D eigenvalue weighted by Crippen LogP contribution is 2.06. The first kappa shape index (κ1) is 31.3. The van der Waals surface area contributed by atoms with Crippen LogP contribution in [0.25, 0.3) is 0 Å². The third-order valence-electron chi connectivity index (χ3n) is 1.27. The summed E-state index contributed by atoms with van der Waals surface area (Å²) in [6.07, 6.45) is 1.87. The molecule has 1 aliphatic rings. The number of cyclic esters (lactones) is 2. The summed E-state index contributed by atoms with van der Waals surface area (Å²) in [6, 6.07) is 0. The van der Waals surface area contributed by atoms with Gasteiger partial charge in [0.25, 0.3) is 0 Å². The van der Waals surface area contributed by atoms with Gasteiger partial charge in [-0.3, -0.25) is 24.0 Å². The molecule has 1 saturated heterocycles. The molecule has 1 fully saturated rings. The Balaban J connectivity index is -0.000000111. The van der Waals surface area contributed by atoms with E-state index in [-0.39, 0.29) is 27.7 Å². The van der Waals surface area contributed by atoms with E-state index in [4.69, 9.17) is 11.6 Å².